The lowest BCUT2D eigenvalue weighted by Crippen LogP contribution is -2.11. The van der Waals surface area contributed by atoms with Crippen LogP contribution in [-0.4, -0.2) is 15.8 Å². The zero-order chi connectivity index (χ0) is 26.5. The molecule has 0 spiro atoms. The number of benzene rings is 3. The molecule has 0 saturated heterocycles. The Hall–Kier alpha value is -4.90. The maximum Gasteiger partial charge on any atom is 0.291 e. The molecule has 1 heterocycles. The third-order valence-corrected chi connectivity index (χ3v) is 5.46. The van der Waals surface area contributed by atoms with Crippen molar-refractivity contribution >= 4 is 34.6 Å². The van der Waals surface area contributed by atoms with E-state index in [0.29, 0.717) is 22.3 Å². The predicted molar refractivity (Wildman–Crippen MR) is 133 cm³/mol. The van der Waals surface area contributed by atoms with Crippen molar-refractivity contribution in [2.24, 2.45) is 0 Å². The number of hydrogen-bond acceptors (Lipinski definition) is 8. The molecule has 0 radical (unpaired) electrons. The van der Waals surface area contributed by atoms with Crippen LogP contribution >= 0.6 is 11.6 Å². The van der Waals surface area contributed by atoms with Gasteiger partial charge in [0.2, 0.25) is 0 Å². The van der Waals surface area contributed by atoms with Gasteiger partial charge in [-0.25, -0.2) is 0 Å². The number of nitrogens with one attached hydrogen (secondary N) is 1. The number of nitrogens with zero attached hydrogens (tertiary/aromatic N) is 2. The lowest BCUT2D eigenvalue weighted by molar-refractivity contribution is -0.385. The van der Waals surface area contributed by atoms with Crippen LogP contribution in [0.1, 0.15) is 21.9 Å². The number of rotatable bonds is 9. The molecule has 4 aromatic rings. The number of furan rings is 1. The number of nitro benzene ring substituents is 2. The average Bonchev–Trinajstić information content (AvgIpc) is 3.34. The molecule has 4 rings (SSSR count). The van der Waals surface area contributed by atoms with Crippen molar-refractivity contribution in [1.29, 1.82) is 0 Å². The van der Waals surface area contributed by atoms with Crippen LogP contribution in [0.4, 0.5) is 17.1 Å². The van der Waals surface area contributed by atoms with E-state index in [0.717, 1.165) is 5.56 Å². The van der Waals surface area contributed by atoms with Crippen molar-refractivity contribution < 1.29 is 28.5 Å². The van der Waals surface area contributed by atoms with E-state index in [-0.39, 0.29) is 35.2 Å². The van der Waals surface area contributed by atoms with Gasteiger partial charge >= 0.3 is 0 Å². The van der Waals surface area contributed by atoms with E-state index in [2.05, 4.69) is 5.32 Å². The van der Waals surface area contributed by atoms with E-state index in [4.69, 9.17) is 25.5 Å². The Morgan fingerprint density at radius 3 is 2.27 bits per heavy atom. The highest BCUT2D eigenvalue weighted by Crippen LogP contribution is 2.31. The van der Waals surface area contributed by atoms with E-state index in [1.807, 2.05) is 0 Å². The SMILES string of the molecule is Cc1cc(Oc2cc(NC(=O)c3ccc(COc4ccc([N+](=O)[O-])cc4)o3)cc([N+](=O)[O-])c2)ccc1Cl. The second-order valence-corrected chi connectivity index (χ2v) is 8.15. The summed E-state index contributed by atoms with van der Waals surface area (Å²) in [5.41, 5.74) is 0.543. The van der Waals surface area contributed by atoms with Gasteiger partial charge in [0.25, 0.3) is 17.3 Å². The second-order valence-electron chi connectivity index (χ2n) is 7.75. The Labute approximate surface area is 214 Å². The molecule has 1 N–H and O–H groups in total. The van der Waals surface area contributed by atoms with Crippen molar-refractivity contribution in [2.45, 2.75) is 13.5 Å². The molecule has 0 bridgehead atoms. The average molecular weight is 524 g/mol. The zero-order valence-electron chi connectivity index (χ0n) is 19.2. The number of anilines is 1. The van der Waals surface area contributed by atoms with Crippen LogP contribution < -0.4 is 14.8 Å². The minimum absolute atomic E-state index is 0.0274. The van der Waals surface area contributed by atoms with E-state index < -0.39 is 15.8 Å². The predicted octanol–water partition coefficient (Wildman–Crippen LogP) is 6.68. The van der Waals surface area contributed by atoms with Crippen LogP contribution in [0.15, 0.2) is 77.2 Å². The topological polar surface area (TPSA) is 147 Å². The number of hydrogen-bond donors (Lipinski definition) is 1. The molecule has 37 heavy (non-hydrogen) atoms. The van der Waals surface area contributed by atoms with Gasteiger partial charge in [0.05, 0.1) is 21.6 Å². The fourth-order valence-corrected chi connectivity index (χ4v) is 3.34. The minimum atomic E-state index is -0.643. The summed E-state index contributed by atoms with van der Waals surface area (Å²) < 4.78 is 16.8. The third kappa shape index (κ3) is 6.41. The third-order valence-electron chi connectivity index (χ3n) is 5.04. The van der Waals surface area contributed by atoms with Crippen molar-refractivity contribution in [1.82, 2.24) is 0 Å². The molecule has 12 heteroatoms. The van der Waals surface area contributed by atoms with Gasteiger partial charge in [0, 0.05) is 29.3 Å². The monoisotopic (exact) mass is 523 g/mol. The summed E-state index contributed by atoms with van der Waals surface area (Å²) in [6.07, 6.45) is 0. The summed E-state index contributed by atoms with van der Waals surface area (Å²) >= 11 is 6.03. The van der Waals surface area contributed by atoms with Crippen LogP contribution in [0.2, 0.25) is 5.02 Å². The molecule has 0 aliphatic heterocycles. The molecule has 1 amide bonds. The summed E-state index contributed by atoms with van der Waals surface area (Å²) in [6, 6.07) is 17.3. The molecule has 0 unspecified atom stereocenters. The summed E-state index contributed by atoms with van der Waals surface area (Å²) in [5, 5.41) is 25.3. The first-order chi connectivity index (χ1) is 17.7. The fourth-order valence-electron chi connectivity index (χ4n) is 3.23. The maximum absolute atomic E-state index is 12.7. The number of carbonyl (C=O) groups is 1. The number of amides is 1. The molecular formula is C25H18ClN3O8. The Kier molecular flexibility index (Phi) is 7.35. The van der Waals surface area contributed by atoms with Crippen molar-refractivity contribution in [2.75, 3.05) is 5.32 Å². The highest BCUT2D eigenvalue weighted by Gasteiger charge is 2.17. The molecule has 188 valence electrons. The first kappa shape index (κ1) is 25.2. The normalized spacial score (nSPS) is 10.5. The summed E-state index contributed by atoms with van der Waals surface area (Å²) in [5.74, 6) is 0.573. The van der Waals surface area contributed by atoms with Crippen LogP contribution in [0.5, 0.6) is 17.2 Å². The summed E-state index contributed by atoms with van der Waals surface area (Å²) in [7, 11) is 0. The molecule has 0 aliphatic rings. The van der Waals surface area contributed by atoms with Gasteiger partial charge < -0.3 is 19.2 Å². The van der Waals surface area contributed by atoms with Crippen molar-refractivity contribution in [3.8, 4) is 17.2 Å². The fraction of sp³-hybridized carbons (Fsp3) is 0.0800. The largest absolute Gasteiger partial charge is 0.486 e. The molecule has 3 aromatic carbocycles. The molecule has 0 fully saturated rings. The molecule has 11 nitrogen and oxygen atoms in total. The summed E-state index contributed by atoms with van der Waals surface area (Å²) in [6.45, 7) is 1.77. The number of aryl methyl sites for hydroxylation is 1. The number of nitro groups is 2. The smallest absolute Gasteiger partial charge is 0.291 e. The highest BCUT2D eigenvalue weighted by atomic mass is 35.5. The molecule has 0 saturated carbocycles. The Bertz CT molecular complexity index is 1480. The van der Waals surface area contributed by atoms with Gasteiger partial charge in [-0.3, -0.25) is 25.0 Å². The number of halogens is 1. The van der Waals surface area contributed by atoms with Crippen LogP contribution in [-0.2, 0) is 6.61 Å². The highest BCUT2D eigenvalue weighted by molar-refractivity contribution is 6.31. The second kappa shape index (κ2) is 10.8. The first-order valence-corrected chi connectivity index (χ1v) is 11.1. The molecule has 0 atom stereocenters. The van der Waals surface area contributed by atoms with E-state index in [1.54, 1.807) is 25.1 Å². The van der Waals surface area contributed by atoms with Crippen LogP contribution in [0, 0.1) is 27.2 Å². The van der Waals surface area contributed by atoms with E-state index in [1.165, 1.54) is 54.6 Å². The van der Waals surface area contributed by atoms with Gasteiger partial charge in [0.15, 0.2) is 5.76 Å². The molecule has 1 aromatic heterocycles. The van der Waals surface area contributed by atoms with Gasteiger partial charge in [0.1, 0.15) is 29.6 Å². The lowest BCUT2D eigenvalue weighted by atomic mass is 10.2. The number of non-ortho nitro benzene ring substituents is 2. The quantitative estimate of drug-likeness (QED) is 0.188. The molecular weight excluding hydrogens is 506 g/mol. The standard InChI is InChI=1S/C25H18ClN3O8/c1-15-10-20(6-8-23(15)26)36-22-12-16(11-18(13-22)29(33)34)27-25(30)24-9-7-21(37-24)14-35-19-4-2-17(3-5-19)28(31)32/h2-13H,14H2,1H3,(H,27,30). The van der Waals surface area contributed by atoms with Gasteiger partial charge in [-0.05, 0) is 55.0 Å². The zero-order valence-corrected chi connectivity index (χ0v) is 19.9. The maximum atomic E-state index is 12.7. The number of carbonyl (C=O) groups excluding carboxylic acids is 1. The van der Waals surface area contributed by atoms with Crippen LogP contribution in [0.3, 0.4) is 0 Å². The van der Waals surface area contributed by atoms with Crippen LogP contribution in [0.25, 0.3) is 0 Å². The summed E-state index contributed by atoms with van der Waals surface area (Å²) in [4.78, 5) is 33.7. The Balaban J connectivity index is 1.44. The Morgan fingerprint density at radius 2 is 1.59 bits per heavy atom. The van der Waals surface area contributed by atoms with Crippen molar-refractivity contribution in [3.63, 3.8) is 0 Å². The Morgan fingerprint density at radius 1 is 0.892 bits per heavy atom. The van der Waals surface area contributed by atoms with Gasteiger partial charge in [-0.1, -0.05) is 11.6 Å². The lowest BCUT2D eigenvalue weighted by Gasteiger charge is -2.10. The van der Waals surface area contributed by atoms with Gasteiger partial charge in [-0.2, -0.15) is 0 Å². The van der Waals surface area contributed by atoms with Gasteiger partial charge in [-0.15, -0.1) is 0 Å². The van der Waals surface area contributed by atoms with Crippen molar-refractivity contribution in [3.05, 3.63) is 115 Å². The number of ether oxygens (including phenoxy) is 2. The molecule has 0 aliphatic carbocycles. The minimum Gasteiger partial charge on any atom is -0.486 e. The first-order valence-electron chi connectivity index (χ1n) is 10.7. The van der Waals surface area contributed by atoms with E-state index in [9.17, 15) is 25.0 Å². The van der Waals surface area contributed by atoms with E-state index >= 15 is 0 Å².